The monoisotopic (exact) mass is 430 g/mol. The van der Waals surface area contributed by atoms with Crippen molar-refractivity contribution in [3.05, 3.63) is 64.6 Å². The van der Waals surface area contributed by atoms with Crippen LogP contribution in [0.2, 0.25) is 0 Å². The Kier molecular flexibility index (Phi) is 5.53. The predicted molar refractivity (Wildman–Crippen MR) is 112 cm³/mol. The molecule has 0 aliphatic carbocycles. The number of para-hydroxylation sites is 1. The standard InChI is InChI=1S/C20H22N4O3S2/c1-22(14-16-13-21-24(15-16)17-7-3-2-4-8-17)20(25)19-18(9-12-28-19)29(26,27)23-10-5-6-11-23/h2-4,7-9,12-13,15H,5-6,10-11,14H2,1H3. The Morgan fingerprint density at radius 1 is 1.17 bits per heavy atom. The lowest BCUT2D eigenvalue weighted by atomic mass is 10.3. The highest BCUT2D eigenvalue weighted by molar-refractivity contribution is 7.89. The van der Waals surface area contributed by atoms with Gasteiger partial charge in [-0.1, -0.05) is 18.2 Å². The van der Waals surface area contributed by atoms with Gasteiger partial charge in [-0.05, 0) is 36.4 Å². The molecule has 3 heterocycles. The molecule has 1 aromatic carbocycles. The van der Waals surface area contributed by atoms with Crippen LogP contribution in [-0.4, -0.2) is 53.4 Å². The molecule has 4 rings (SSSR count). The third kappa shape index (κ3) is 3.98. The van der Waals surface area contributed by atoms with E-state index in [9.17, 15) is 13.2 Å². The maximum atomic E-state index is 13.0. The zero-order valence-electron chi connectivity index (χ0n) is 16.1. The molecule has 0 atom stereocenters. The molecule has 1 fully saturated rings. The number of sulfonamides is 1. The van der Waals surface area contributed by atoms with Gasteiger partial charge in [0, 0.05) is 38.4 Å². The van der Waals surface area contributed by atoms with Crippen molar-refractivity contribution in [1.82, 2.24) is 19.0 Å². The summed E-state index contributed by atoms with van der Waals surface area (Å²) in [6.07, 6.45) is 5.30. The second-order valence-electron chi connectivity index (χ2n) is 7.02. The van der Waals surface area contributed by atoms with Crippen LogP contribution < -0.4 is 0 Å². The van der Waals surface area contributed by atoms with Crippen molar-refractivity contribution in [1.29, 1.82) is 0 Å². The Labute approximate surface area is 174 Å². The topological polar surface area (TPSA) is 75.5 Å². The molecule has 0 unspecified atom stereocenters. The van der Waals surface area contributed by atoms with Crippen molar-refractivity contribution in [2.45, 2.75) is 24.3 Å². The van der Waals surface area contributed by atoms with Gasteiger partial charge in [0.2, 0.25) is 10.0 Å². The molecule has 1 aliphatic rings. The summed E-state index contributed by atoms with van der Waals surface area (Å²) in [6.45, 7) is 1.37. The van der Waals surface area contributed by atoms with E-state index in [0.29, 0.717) is 19.6 Å². The van der Waals surface area contributed by atoms with Crippen LogP contribution in [-0.2, 0) is 16.6 Å². The van der Waals surface area contributed by atoms with Crippen LogP contribution in [0.15, 0.2) is 59.1 Å². The van der Waals surface area contributed by atoms with Gasteiger partial charge < -0.3 is 4.90 Å². The first-order chi connectivity index (χ1) is 14.0. The van der Waals surface area contributed by atoms with Gasteiger partial charge in [0.05, 0.1) is 11.9 Å². The zero-order chi connectivity index (χ0) is 20.4. The molecular formula is C20H22N4O3S2. The molecule has 0 bridgehead atoms. The number of hydrogen-bond donors (Lipinski definition) is 0. The normalized spacial score (nSPS) is 14.9. The van der Waals surface area contributed by atoms with Crippen molar-refractivity contribution in [3.63, 3.8) is 0 Å². The van der Waals surface area contributed by atoms with Crippen LogP contribution in [0.1, 0.15) is 28.1 Å². The Hall–Kier alpha value is -2.49. The fraction of sp³-hybridized carbons (Fsp3) is 0.300. The lowest BCUT2D eigenvalue weighted by molar-refractivity contribution is 0.0786. The Bertz CT molecular complexity index is 1100. The predicted octanol–water partition coefficient (Wildman–Crippen LogP) is 2.99. The van der Waals surface area contributed by atoms with E-state index in [1.54, 1.807) is 23.3 Å². The molecule has 9 heteroatoms. The van der Waals surface area contributed by atoms with Gasteiger partial charge in [-0.15, -0.1) is 11.3 Å². The van der Waals surface area contributed by atoms with E-state index in [0.717, 1.165) is 24.1 Å². The average molecular weight is 431 g/mol. The third-order valence-electron chi connectivity index (χ3n) is 4.93. The quantitative estimate of drug-likeness (QED) is 0.603. The van der Waals surface area contributed by atoms with Gasteiger partial charge in [-0.25, -0.2) is 13.1 Å². The van der Waals surface area contributed by atoms with Crippen molar-refractivity contribution in [2.75, 3.05) is 20.1 Å². The second kappa shape index (κ2) is 8.10. The molecular weight excluding hydrogens is 408 g/mol. The largest absolute Gasteiger partial charge is 0.337 e. The first kappa shape index (κ1) is 19.8. The highest BCUT2D eigenvalue weighted by Crippen LogP contribution is 2.28. The van der Waals surface area contributed by atoms with Crippen molar-refractivity contribution in [3.8, 4) is 5.69 Å². The van der Waals surface area contributed by atoms with Crippen molar-refractivity contribution >= 4 is 27.3 Å². The summed E-state index contributed by atoms with van der Waals surface area (Å²) in [5.74, 6) is -0.301. The maximum Gasteiger partial charge on any atom is 0.265 e. The first-order valence-corrected chi connectivity index (χ1v) is 11.7. The fourth-order valence-corrected chi connectivity index (χ4v) is 6.31. The Morgan fingerprint density at radius 2 is 1.90 bits per heavy atom. The molecule has 2 aromatic heterocycles. The number of benzene rings is 1. The second-order valence-corrected chi connectivity index (χ2v) is 9.84. The van der Waals surface area contributed by atoms with Crippen LogP contribution in [0.25, 0.3) is 5.69 Å². The number of thiophene rings is 1. The number of aromatic nitrogens is 2. The summed E-state index contributed by atoms with van der Waals surface area (Å²) in [5, 5.41) is 6.01. The molecule has 0 spiro atoms. The summed E-state index contributed by atoms with van der Waals surface area (Å²) < 4.78 is 29.0. The van der Waals surface area contributed by atoms with E-state index in [1.807, 2.05) is 36.5 Å². The summed E-state index contributed by atoms with van der Waals surface area (Å²) in [5.41, 5.74) is 1.80. The summed E-state index contributed by atoms with van der Waals surface area (Å²) in [6, 6.07) is 11.2. The molecule has 1 amide bonds. The van der Waals surface area contributed by atoms with E-state index in [4.69, 9.17) is 0 Å². The van der Waals surface area contributed by atoms with Crippen molar-refractivity contribution in [2.24, 2.45) is 0 Å². The molecule has 0 radical (unpaired) electrons. The van der Waals surface area contributed by atoms with Crippen LogP contribution >= 0.6 is 11.3 Å². The highest BCUT2D eigenvalue weighted by Gasteiger charge is 2.32. The highest BCUT2D eigenvalue weighted by atomic mass is 32.2. The number of carbonyl (C=O) groups excluding carboxylic acids is 1. The van der Waals surface area contributed by atoms with Gasteiger partial charge >= 0.3 is 0 Å². The molecule has 29 heavy (non-hydrogen) atoms. The lowest BCUT2D eigenvalue weighted by Crippen LogP contribution is -2.31. The smallest absolute Gasteiger partial charge is 0.265 e. The van der Waals surface area contributed by atoms with Crippen LogP contribution in [0.4, 0.5) is 0 Å². The van der Waals surface area contributed by atoms with Crippen molar-refractivity contribution < 1.29 is 13.2 Å². The molecule has 3 aromatic rings. The molecule has 152 valence electrons. The Morgan fingerprint density at radius 3 is 2.62 bits per heavy atom. The lowest BCUT2D eigenvalue weighted by Gasteiger charge is -2.19. The SMILES string of the molecule is CN(Cc1cnn(-c2ccccc2)c1)C(=O)c1sccc1S(=O)(=O)N1CCCC1. The number of amides is 1. The zero-order valence-corrected chi connectivity index (χ0v) is 17.7. The molecule has 0 saturated carbocycles. The maximum absolute atomic E-state index is 13.0. The average Bonchev–Trinajstić information content (AvgIpc) is 3.49. The number of carbonyl (C=O) groups is 1. The number of nitrogens with zero attached hydrogens (tertiary/aromatic N) is 4. The molecule has 7 nitrogen and oxygen atoms in total. The molecule has 1 saturated heterocycles. The van der Waals surface area contributed by atoms with Gasteiger partial charge in [0.25, 0.3) is 5.91 Å². The van der Waals surface area contributed by atoms with Crippen LogP contribution in [0, 0.1) is 0 Å². The van der Waals surface area contributed by atoms with Gasteiger partial charge in [0.1, 0.15) is 9.77 Å². The van der Waals surface area contributed by atoms with Crippen LogP contribution in [0.5, 0.6) is 0 Å². The van der Waals surface area contributed by atoms with E-state index < -0.39 is 10.0 Å². The van der Waals surface area contributed by atoms with E-state index in [1.165, 1.54) is 26.6 Å². The van der Waals surface area contributed by atoms with Gasteiger partial charge in [-0.2, -0.15) is 9.40 Å². The number of rotatable bonds is 6. The summed E-state index contributed by atoms with van der Waals surface area (Å²) in [7, 11) is -1.95. The first-order valence-electron chi connectivity index (χ1n) is 9.39. The van der Waals surface area contributed by atoms with Gasteiger partial charge in [-0.3, -0.25) is 4.79 Å². The summed E-state index contributed by atoms with van der Waals surface area (Å²) >= 11 is 1.17. The van der Waals surface area contributed by atoms with Crippen LogP contribution in [0.3, 0.4) is 0 Å². The number of hydrogen-bond acceptors (Lipinski definition) is 5. The van der Waals surface area contributed by atoms with E-state index in [2.05, 4.69) is 5.10 Å². The molecule has 0 N–H and O–H groups in total. The molecule has 1 aliphatic heterocycles. The summed E-state index contributed by atoms with van der Waals surface area (Å²) in [4.78, 5) is 14.9. The Balaban J connectivity index is 1.51. The van der Waals surface area contributed by atoms with E-state index in [-0.39, 0.29) is 15.7 Å². The fourth-order valence-electron chi connectivity index (χ4n) is 3.41. The van der Waals surface area contributed by atoms with E-state index >= 15 is 0 Å². The minimum Gasteiger partial charge on any atom is -0.337 e. The van der Waals surface area contributed by atoms with Gasteiger partial charge in [0.15, 0.2) is 0 Å². The minimum atomic E-state index is -3.63. The third-order valence-corrected chi connectivity index (χ3v) is 7.90. The minimum absolute atomic E-state index is 0.112.